The highest BCUT2D eigenvalue weighted by atomic mass is 32.2. The first-order valence-corrected chi connectivity index (χ1v) is 13.8. The number of thioether (sulfide) groups is 1. The maximum atomic E-state index is 13.5. The second kappa shape index (κ2) is 12.3. The van der Waals surface area contributed by atoms with Crippen LogP contribution in [0.1, 0.15) is 34.5 Å². The molecule has 0 radical (unpaired) electrons. The summed E-state index contributed by atoms with van der Waals surface area (Å²) in [6.45, 7) is 1.81. The number of rotatable bonds is 10. The van der Waals surface area contributed by atoms with E-state index in [1.165, 1.54) is 16.3 Å². The molecule has 0 saturated carbocycles. The first-order valence-electron chi connectivity index (χ1n) is 12.9. The molecule has 4 aromatic rings. The van der Waals surface area contributed by atoms with Crippen LogP contribution in [-0.2, 0) is 22.6 Å². The van der Waals surface area contributed by atoms with Gasteiger partial charge in [0.25, 0.3) is 11.5 Å². The largest absolute Gasteiger partial charge is 0.467 e. The first-order chi connectivity index (χ1) is 19.0. The molecule has 202 valence electrons. The minimum atomic E-state index is -0.268. The van der Waals surface area contributed by atoms with Crippen LogP contribution in [0.4, 0.5) is 0 Å². The van der Waals surface area contributed by atoms with Crippen LogP contribution in [0, 0.1) is 0 Å². The Balaban J connectivity index is 1.38. The van der Waals surface area contributed by atoms with E-state index in [2.05, 4.69) is 5.32 Å². The van der Waals surface area contributed by atoms with E-state index in [0.717, 1.165) is 25.0 Å². The molecule has 1 atom stereocenters. The van der Waals surface area contributed by atoms with E-state index in [0.29, 0.717) is 40.5 Å². The van der Waals surface area contributed by atoms with Gasteiger partial charge in [-0.15, -0.1) is 0 Å². The highest BCUT2D eigenvalue weighted by Gasteiger charge is 2.19. The molecule has 0 bridgehead atoms. The van der Waals surface area contributed by atoms with Gasteiger partial charge in [0.15, 0.2) is 5.16 Å². The number of carbonyl (C=O) groups is 2. The average molecular weight is 547 g/mol. The summed E-state index contributed by atoms with van der Waals surface area (Å²) >= 11 is 1.19. The molecule has 10 heteroatoms. The fraction of sp³-hybridized carbons (Fsp3) is 0.310. The molecule has 0 aliphatic carbocycles. The number of carbonyl (C=O) groups excluding carboxylic acids is 2. The van der Waals surface area contributed by atoms with Gasteiger partial charge < -0.3 is 19.4 Å². The van der Waals surface area contributed by atoms with E-state index in [1.54, 1.807) is 48.5 Å². The smallest absolute Gasteiger partial charge is 0.262 e. The van der Waals surface area contributed by atoms with E-state index in [-0.39, 0.29) is 35.8 Å². The number of fused-ring (bicyclic) bond motifs is 1. The van der Waals surface area contributed by atoms with E-state index < -0.39 is 0 Å². The molecule has 9 nitrogen and oxygen atoms in total. The lowest BCUT2D eigenvalue weighted by Gasteiger charge is -2.18. The van der Waals surface area contributed by atoms with Crippen molar-refractivity contribution in [2.45, 2.75) is 37.2 Å². The van der Waals surface area contributed by atoms with Crippen molar-refractivity contribution in [3.63, 3.8) is 0 Å². The molecule has 1 fully saturated rings. The third-order valence-electron chi connectivity index (χ3n) is 6.60. The summed E-state index contributed by atoms with van der Waals surface area (Å²) in [6.07, 6.45) is 3.50. The summed E-state index contributed by atoms with van der Waals surface area (Å²) < 4.78 is 12.6. The minimum absolute atomic E-state index is 0.0295. The SMILES string of the molecule is CN(Cc1ccccc1)C(=O)CSc1nc2cc(C(=O)NC[C@@H]3CCCO3)ccc2c(=O)n1Cc1ccco1. The van der Waals surface area contributed by atoms with Gasteiger partial charge in [0.1, 0.15) is 5.76 Å². The highest BCUT2D eigenvalue weighted by molar-refractivity contribution is 7.99. The van der Waals surface area contributed by atoms with Crippen LogP contribution in [0.25, 0.3) is 10.9 Å². The molecule has 3 heterocycles. The quantitative estimate of drug-likeness (QED) is 0.239. The summed E-state index contributed by atoms with van der Waals surface area (Å²) in [4.78, 5) is 45.6. The lowest BCUT2D eigenvalue weighted by Crippen LogP contribution is -2.32. The number of hydrogen-bond donors (Lipinski definition) is 1. The summed E-state index contributed by atoms with van der Waals surface area (Å²) in [5.74, 6) is 0.352. The summed E-state index contributed by atoms with van der Waals surface area (Å²) in [6, 6.07) is 18.2. The highest BCUT2D eigenvalue weighted by Crippen LogP contribution is 2.21. The van der Waals surface area contributed by atoms with E-state index in [9.17, 15) is 14.4 Å². The van der Waals surface area contributed by atoms with Crippen LogP contribution in [0.2, 0.25) is 0 Å². The normalized spacial score (nSPS) is 14.9. The van der Waals surface area contributed by atoms with Crippen molar-refractivity contribution >= 4 is 34.5 Å². The molecule has 1 aliphatic rings. The Bertz CT molecular complexity index is 1500. The fourth-order valence-corrected chi connectivity index (χ4v) is 5.38. The van der Waals surface area contributed by atoms with Crippen molar-refractivity contribution in [1.82, 2.24) is 19.8 Å². The van der Waals surface area contributed by atoms with Crippen LogP contribution in [0.3, 0.4) is 0 Å². The number of hydrogen-bond acceptors (Lipinski definition) is 7. The maximum absolute atomic E-state index is 13.5. The summed E-state index contributed by atoms with van der Waals surface area (Å²) in [7, 11) is 1.75. The second-order valence-electron chi connectivity index (χ2n) is 9.47. The zero-order chi connectivity index (χ0) is 27.2. The Labute approximate surface area is 230 Å². The monoisotopic (exact) mass is 546 g/mol. The number of benzene rings is 2. The van der Waals surface area contributed by atoms with E-state index >= 15 is 0 Å². The zero-order valence-electron chi connectivity index (χ0n) is 21.7. The molecule has 2 amide bonds. The molecule has 0 unspecified atom stereocenters. The van der Waals surface area contributed by atoms with Crippen LogP contribution in [-0.4, -0.2) is 58.3 Å². The van der Waals surface area contributed by atoms with Crippen molar-refractivity contribution in [1.29, 1.82) is 0 Å². The molecular formula is C29H30N4O5S. The second-order valence-corrected chi connectivity index (χ2v) is 10.4. The van der Waals surface area contributed by atoms with Crippen molar-refractivity contribution < 1.29 is 18.7 Å². The lowest BCUT2D eigenvalue weighted by atomic mass is 10.1. The molecular weight excluding hydrogens is 516 g/mol. The van der Waals surface area contributed by atoms with Gasteiger partial charge >= 0.3 is 0 Å². The van der Waals surface area contributed by atoms with Crippen molar-refractivity contribution in [3.05, 3.63) is 94.2 Å². The minimum Gasteiger partial charge on any atom is -0.467 e. The Morgan fingerprint density at radius 2 is 2.00 bits per heavy atom. The maximum Gasteiger partial charge on any atom is 0.262 e. The van der Waals surface area contributed by atoms with Crippen molar-refractivity contribution in [3.8, 4) is 0 Å². The van der Waals surface area contributed by atoms with Gasteiger partial charge in [-0.3, -0.25) is 19.0 Å². The van der Waals surface area contributed by atoms with Gasteiger partial charge in [0, 0.05) is 32.3 Å². The molecule has 1 N–H and O–H groups in total. The Kier molecular flexibility index (Phi) is 8.43. The number of amides is 2. The molecule has 39 heavy (non-hydrogen) atoms. The Morgan fingerprint density at radius 1 is 1.15 bits per heavy atom. The van der Waals surface area contributed by atoms with Crippen LogP contribution in [0.15, 0.2) is 81.3 Å². The number of ether oxygens (including phenoxy) is 1. The molecule has 1 aliphatic heterocycles. The van der Waals surface area contributed by atoms with Crippen LogP contribution in [0.5, 0.6) is 0 Å². The van der Waals surface area contributed by atoms with Gasteiger partial charge in [0.2, 0.25) is 5.91 Å². The summed E-state index contributed by atoms with van der Waals surface area (Å²) in [5, 5.41) is 3.67. The first kappa shape index (κ1) is 26.7. The lowest BCUT2D eigenvalue weighted by molar-refractivity contribution is -0.127. The molecule has 1 saturated heterocycles. The fourth-order valence-electron chi connectivity index (χ4n) is 4.45. The average Bonchev–Trinajstić information content (AvgIpc) is 3.67. The zero-order valence-corrected chi connectivity index (χ0v) is 22.5. The van der Waals surface area contributed by atoms with Gasteiger partial charge in [-0.2, -0.15) is 0 Å². The van der Waals surface area contributed by atoms with Crippen LogP contribution < -0.4 is 10.9 Å². The number of aromatic nitrogens is 2. The van der Waals surface area contributed by atoms with E-state index in [4.69, 9.17) is 14.1 Å². The van der Waals surface area contributed by atoms with Gasteiger partial charge in [-0.25, -0.2) is 4.98 Å². The van der Waals surface area contributed by atoms with E-state index in [1.807, 2.05) is 30.3 Å². The Hall–Kier alpha value is -3.89. The van der Waals surface area contributed by atoms with Crippen molar-refractivity contribution in [2.75, 3.05) is 26.0 Å². The standard InChI is InChI=1S/C29H30N4O5S/c1-32(17-20-7-3-2-4-8-20)26(34)19-39-29-31-25-15-21(27(35)30-16-22-9-5-13-37-22)11-12-24(25)28(36)33(29)18-23-10-6-14-38-23/h2-4,6-8,10-12,14-15,22H,5,9,13,16-19H2,1H3,(H,30,35)/t22-/m0/s1. The number of nitrogens with zero attached hydrogens (tertiary/aromatic N) is 3. The van der Waals surface area contributed by atoms with Gasteiger partial charge in [0.05, 0.1) is 35.6 Å². The predicted molar refractivity (Wildman–Crippen MR) is 149 cm³/mol. The van der Waals surface area contributed by atoms with Crippen LogP contribution >= 0.6 is 11.8 Å². The van der Waals surface area contributed by atoms with Crippen molar-refractivity contribution in [2.24, 2.45) is 0 Å². The number of nitrogens with one attached hydrogen (secondary N) is 1. The topological polar surface area (TPSA) is 107 Å². The van der Waals surface area contributed by atoms with Gasteiger partial charge in [-0.05, 0) is 48.7 Å². The van der Waals surface area contributed by atoms with Gasteiger partial charge in [-0.1, -0.05) is 42.1 Å². The third-order valence-corrected chi connectivity index (χ3v) is 7.57. The molecule has 2 aromatic carbocycles. The molecule has 2 aromatic heterocycles. The number of furan rings is 1. The molecule has 5 rings (SSSR count). The molecule has 0 spiro atoms. The predicted octanol–water partition coefficient (Wildman–Crippen LogP) is 3.70. The Morgan fingerprint density at radius 3 is 2.74 bits per heavy atom. The third kappa shape index (κ3) is 6.58. The summed E-state index contributed by atoms with van der Waals surface area (Å²) in [5.41, 5.74) is 1.57.